The fourth-order valence-corrected chi connectivity index (χ4v) is 3.27. The molecule has 0 saturated carbocycles. The maximum absolute atomic E-state index is 2.30. The molecule has 1 aromatic heterocycles. The molecule has 0 N–H and O–H groups in total. The lowest BCUT2D eigenvalue weighted by atomic mass is 10.0. The van der Waals surface area contributed by atoms with Crippen molar-refractivity contribution in [2.45, 2.75) is 0 Å². The Bertz CT molecular complexity index is 936. The van der Waals surface area contributed by atoms with Crippen LogP contribution in [0.1, 0.15) is 0 Å². The fourth-order valence-electron chi connectivity index (χ4n) is 3.27. The molecule has 0 spiro atoms. The summed E-state index contributed by atoms with van der Waals surface area (Å²) in [6.07, 6.45) is 0. The molecule has 3 aromatic carbocycles. The molecule has 0 atom stereocenters. The minimum atomic E-state index is 1.23. The van der Waals surface area contributed by atoms with Crippen LogP contribution < -0.4 is 0 Å². The molecule has 1 nitrogen and oxygen atoms in total. The van der Waals surface area contributed by atoms with E-state index in [0.717, 1.165) is 0 Å². The van der Waals surface area contributed by atoms with E-state index in [0.29, 0.717) is 0 Å². The van der Waals surface area contributed by atoms with E-state index in [2.05, 4.69) is 109 Å². The van der Waals surface area contributed by atoms with Gasteiger partial charge in [0.15, 0.2) is 0 Å². The lowest BCUT2D eigenvalue weighted by Gasteiger charge is -2.10. The summed E-state index contributed by atoms with van der Waals surface area (Å²) < 4.78 is 2.30. The van der Waals surface area contributed by atoms with Gasteiger partial charge in [0.1, 0.15) is 0 Å². The Balaban J connectivity index is 1.99. The van der Waals surface area contributed by atoms with Gasteiger partial charge in [-0.2, -0.15) is 0 Å². The molecule has 1 heterocycles. The molecule has 0 aliphatic rings. The topological polar surface area (TPSA) is 4.93 Å². The van der Waals surface area contributed by atoms with Gasteiger partial charge in [0, 0.05) is 18.3 Å². The van der Waals surface area contributed by atoms with E-state index in [1.54, 1.807) is 0 Å². The molecule has 0 aliphatic heterocycles. The van der Waals surface area contributed by atoms with Crippen molar-refractivity contribution in [1.82, 2.24) is 4.57 Å². The zero-order valence-electron chi connectivity index (χ0n) is 13.7. The first-order valence-corrected chi connectivity index (χ1v) is 8.20. The third-order valence-electron chi connectivity index (χ3n) is 4.43. The van der Waals surface area contributed by atoms with E-state index in [-0.39, 0.29) is 0 Å². The van der Waals surface area contributed by atoms with Gasteiger partial charge in [-0.3, -0.25) is 0 Å². The minimum absolute atomic E-state index is 1.23. The summed E-state index contributed by atoms with van der Waals surface area (Å²) in [6.45, 7) is 0. The second-order valence-electron chi connectivity index (χ2n) is 5.95. The summed E-state index contributed by atoms with van der Waals surface area (Å²) in [5, 5.41) is 0. The molecule has 0 aliphatic carbocycles. The highest BCUT2D eigenvalue weighted by atomic mass is 15.0. The van der Waals surface area contributed by atoms with E-state index in [9.17, 15) is 0 Å². The van der Waals surface area contributed by atoms with Crippen molar-refractivity contribution in [2.75, 3.05) is 0 Å². The number of rotatable bonds is 3. The monoisotopic (exact) mass is 309 g/mol. The van der Waals surface area contributed by atoms with Crippen LogP contribution >= 0.6 is 0 Å². The van der Waals surface area contributed by atoms with Crippen LogP contribution in [0, 0.1) is 0 Å². The van der Waals surface area contributed by atoms with Gasteiger partial charge in [-0.25, -0.2) is 0 Å². The van der Waals surface area contributed by atoms with Gasteiger partial charge in [-0.05, 0) is 22.8 Å². The molecule has 0 radical (unpaired) electrons. The molecule has 116 valence electrons. The van der Waals surface area contributed by atoms with Crippen molar-refractivity contribution in [3.63, 3.8) is 0 Å². The summed E-state index contributed by atoms with van der Waals surface area (Å²) >= 11 is 0. The third-order valence-corrected chi connectivity index (χ3v) is 4.43. The number of benzene rings is 3. The summed E-state index contributed by atoms with van der Waals surface area (Å²) in [5.41, 5.74) is 7.46. The molecule has 0 amide bonds. The van der Waals surface area contributed by atoms with Gasteiger partial charge >= 0.3 is 0 Å². The number of hydrogen-bond donors (Lipinski definition) is 0. The quantitative estimate of drug-likeness (QED) is 0.435. The molecule has 24 heavy (non-hydrogen) atoms. The van der Waals surface area contributed by atoms with Crippen LogP contribution in [0.25, 0.3) is 33.6 Å². The molecule has 0 bridgehead atoms. The van der Waals surface area contributed by atoms with Crippen molar-refractivity contribution in [3.8, 4) is 33.6 Å². The van der Waals surface area contributed by atoms with Gasteiger partial charge in [0.05, 0.1) is 5.69 Å². The van der Waals surface area contributed by atoms with Crippen LogP contribution in [0.5, 0.6) is 0 Å². The Morgan fingerprint density at radius 3 is 1.54 bits per heavy atom. The lowest BCUT2D eigenvalue weighted by molar-refractivity contribution is 0.946. The van der Waals surface area contributed by atoms with Crippen LogP contribution in [0.15, 0.2) is 97.1 Å². The van der Waals surface area contributed by atoms with E-state index < -0.39 is 0 Å². The standard InChI is InChI=1S/C23H19N/c1-24-22(19-13-7-3-8-14-19)17-21(18-11-5-2-6-12-18)23(24)20-15-9-4-10-16-20/h2-17H,1H3. The predicted molar refractivity (Wildman–Crippen MR) is 102 cm³/mol. The van der Waals surface area contributed by atoms with E-state index >= 15 is 0 Å². The zero-order valence-corrected chi connectivity index (χ0v) is 13.7. The zero-order chi connectivity index (χ0) is 16.4. The van der Waals surface area contributed by atoms with Crippen LogP contribution in [0.4, 0.5) is 0 Å². The molecular weight excluding hydrogens is 290 g/mol. The van der Waals surface area contributed by atoms with Crippen molar-refractivity contribution in [3.05, 3.63) is 97.1 Å². The number of aromatic nitrogens is 1. The molecule has 1 heteroatoms. The summed E-state index contributed by atoms with van der Waals surface area (Å²) in [7, 11) is 2.15. The molecule has 0 saturated heterocycles. The van der Waals surface area contributed by atoms with Crippen LogP contribution in [-0.4, -0.2) is 4.57 Å². The Labute approximate surface area is 142 Å². The average molecular weight is 309 g/mol. The molecule has 0 unspecified atom stereocenters. The first-order chi connectivity index (χ1) is 11.8. The van der Waals surface area contributed by atoms with Crippen molar-refractivity contribution in [1.29, 1.82) is 0 Å². The Kier molecular flexibility index (Phi) is 3.76. The molecule has 4 rings (SSSR count). The van der Waals surface area contributed by atoms with Gasteiger partial charge in [-0.1, -0.05) is 91.0 Å². The Morgan fingerprint density at radius 1 is 0.542 bits per heavy atom. The highest BCUT2D eigenvalue weighted by Crippen LogP contribution is 2.38. The maximum atomic E-state index is 2.30. The highest BCUT2D eigenvalue weighted by Gasteiger charge is 2.16. The SMILES string of the molecule is Cn1c(-c2ccccc2)cc(-c2ccccc2)c1-c1ccccc1. The first kappa shape index (κ1) is 14.5. The second-order valence-corrected chi connectivity index (χ2v) is 5.95. The van der Waals surface area contributed by atoms with Gasteiger partial charge in [-0.15, -0.1) is 0 Å². The minimum Gasteiger partial charge on any atom is -0.343 e. The van der Waals surface area contributed by atoms with E-state index in [1.165, 1.54) is 33.6 Å². The van der Waals surface area contributed by atoms with E-state index in [4.69, 9.17) is 0 Å². The largest absolute Gasteiger partial charge is 0.343 e. The average Bonchev–Trinajstić information content (AvgIpc) is 3.01. The molecular formula is C23H19N. The van der Waals surface area contributed by atoms with Gasteiger partial charge < -0.3 is 4.57 Å². The van der Waals surface area contributed by atoms with Crippen LogP contribution in [0.2, 0.25) is 0 Å². The second kappa shape index (κ2) is 6.21. The predicted octanol–water partition coefficient (Wildman–Crippen LogP) is 6.03. The molecule has 4 aromatic rings. The highest BCUT2D eigenvalue weighted by molar-refractivity contribution is 5.86. The Morgan fingerprint density at radius 2 is 1.00 bits per heavy atom. The molecule has 0 fully saturated rings. The lowest BCUT2D eigenvalue weighted by Crippen LogP contribution is -1.95. The van der Waals surface area contributed by atoms with Crippen LogP contribution in [0.3, 0.4) is 0 Å². The van der Waals surface area contributed by atoms with Crippen LogP contribution in [-0.2, 0) is 7.05 Å². The van der Waals surface area contributed by atoms with E-state index in [1.807, 2.05) is 0 Å². The first-order valence-electron chi connectivity index (χ1n) is 8.20. The van der Waals surface area contributed by atoms with Crippen molar-refractivity contribution < 1.29 is 0 Å². The smallest absolute Gasteiger partial charge is 0.0562 e. The van der Waals surface area contributed by atoms with Gasteiger partial charge in [0.25, 0.3) is 0 Å². The van der Waals surface area contributed by atoms with Gasteiger partial charge in [0.2, 0.25) is 0 Å². The summed E-state index contributed by atoms with van der Waals surface area (Å²) in [6, 6.07) is 34.1. The third kappa shape index (κ3) is 2.55. The van der Waals surface area contributed by atoms with Crippen molar-refractivity contribution in [2.24, 2.45) is 7.05 Å². The maximum Gasteiger partial charge on any atom is 0.0562 e. The van der Waals surface area contributed by atoms with Crippen molar-refractivity contribution >= 4 is 0 Å². The Hall–Kier alpha value is -3.06. The summed E-state index contributed by atoms with van der Waals surface area (Å²) in [4.78, 5) is 0. The fraction of sp³-hybridized carbons (Fsp3) is 0.0435. The number of nitrogens with zero attached hydrogens (tertiary/aromatic N) is 1. The summed E-state index contributed by atoms with van der Waals surface area (Å²) in [5.74, 6) is 0. The number of hydrogen-bond acceptors (Lipinski definition) is 0. The normalized spacial score (nSPS) is 10.7.